The Labute approximate surface area is 148 Å². The molecule has 0 spiro atoms. The van der Waals surface area contributed by atoms with Crippen LogP contribution in [0.1, 0.15) is 43.5 Å². The molecule has 1 heterocycles. The van der Waals surface area contributed by atoms with E-state index in [1.165, 1.54) is 0 Å². The van der Waals surface area contributed by atoms with Crippen molar-refractivity contribution in [1.29, 1.82) is 0 Å². The zero-order valence-electron chi connectivity index (χ0n) is 14.7. The molecule has 130 valence electrons. The zero-order valence-corrected chi connectivity index (χ0v) is 14.7. The van der Waals surface area contributed by atoms with E-state index in [9.17, 15) is 4.79 Å². The summed E-state index contributed by atoms with van der Waals surface area (Å²) in [5.41, 5.74) is 3.15. The topological polar surface area (TPSA) is 57.8 Å². The van der Waals surface area contributed by atoms with Gasteiger partial charge >= 0.3 is 0 Å². The first-order chi connectivity index (χ1) is 12.3. The molecule has 4 nitrogen and oxygen atoms in total. The zero-order chi connectivity index (χ0) is 17.5. The summed E-state index contributed by atoms with van der Waals surface area (Å²) in [5.74, 6) is 1.04. The van der Waals surface area contributed by atoms with Crippen LogP contribution in [-0.4, -0.2) is 22.4 Å². The van der Waals surface area contributed by atoms with Crippen molar-refractivity contribution >= 4 is 16.9 Å². The average molecular weight is 335 g/mol. The number of nitrogens with zero attached hydrogens (tertiary/aromatic N) is 1. The Morgan fingerprint density at radius 3 is 2.64 bits per heavy atom. The van der Waals surface area contributed by atoms with Gasteiger partial charge in [0.1, 0.15) is 5.82 Å². The van der Waals surface area contributed by atoms with E-state index in [1.54, 1.807) is 0 Å². The summed E-state index contributed by atoms with van der Waals surface area (Å²) in [6.45, 7) is 2.79. The van der Waals surface area contributed by atoms with Gasteiger partial charge < -0.3 is 10.3 Å². The second kappa shape index (κ2) is 8.47. The molecule has 0 fully saturated rings. The Kier molecular flexibility index (Phi) is 5.83. The lowest BCUT2D eigenvalue weighted by molar-refractivity contribution is -0.122. The third-order valence-corrected chi connectivity index (χ3v) is 4.42. The third kappa shape index (κ3) is 4.47. The van der Waals surface area contributed by atoms with Crippen molar-refractivity contribution in [3.8, 4) is 0 Å². The number of hydrogen-bond donors (Lipinski definition) is 2. The number of carbonyl (C=O) groups excluding carboxylic acids is 1. The first-order valence-electron chi connectivity index (χ1n) is 9.04. The summed E-state index contributed by atoms with van der Waals surface area (Å²) >= 11 is 0. The number of rotatable bonds is 8. The van der Waals surface area contributed by atoms with Crippen molar-refractivity contribution in [2.75, 3.05) is 6.54 Å². The standard InChI is InChI=1S/C21H25N3O/c1-2-9-17(16-10-4-3-5-11-16)21(25)22-15-8-14-20-23-18-12-6-7-13-19(18)24-20/h3-7,10-13,17H,2,8-9,14-15H2,1H3,(H,22,25)(H,23,24). The number of aryl methyl sites for hydroxylation is 1. The minimum Gasteiger partial charge on any atom is -0.356 e. The van der Waals surface area contributed by atoms with Gasteiger partial charge in [-0.25, -0.2) is 4.98 Å². The molecule has 0 radical (unpaired) electrons. The van der Waals surface area contributed by atoms with Crippen molar-refractivity contribution in [3.63, 3.8) is 0 Å². The van der Waals surface area contributed by atoms with E-state index < -0.39 is 0 Å². The quantitative estimate of drug-likeness (QED) is 0.606. The number of para-hydroxylation sites is 2. The number of hydrogen-bond acceptors (Lipinski definition) is 2. The third-order valence-electron chi connectivity index (χ3n) is 4.42. The molecular formula is C21H25N3O. The van der Waals surface area contributed by atoms with Crippen LogP contribution in [0.5, 0.6) is 0 Å². The molecule has 0 saturated heterocycles. The van der Waals surface area contributed by atoms with Crippen molar-refractivity contribution in [1.82, 2.24) is 15.3 Å². The number of aromatic nitrogens is 2. The first kappa shape index (κ1) is 17.2. The van der Waals surface area contributed by atoms with E-state index in [1.807, 2.05) is 54.6 Å². The number of nitrogens with one attached hydrogen (secondary N) is 2. The molecule has 0 bridgehead atoms. The van der Waals surface area contributed by atoms with E-state index in [2.05, 4.69) is 22.2 Å². The first-order valence-corrected chi connectivity index (χ1v) is 9.04. The Morgan fingerprint density at radius 2 is 1.88 bits per heavy atom. The summed E-state index contributed by atoms with van der Waals surface area (Å²) in [4.78, 5) is 20.5. The van der Waals surface area contributed by atoms with Gasteiger partial charge in [0.15, 0.2) is 0 Å². The van der Waals surface area contributed by atoms with Gasteiger partial charge in [-0.3, -0.25) is 4.79 Å². The maximum atomic E-state index is 12.6. The highest BCUT2D eigenvalue weighted by atomic mass is 16.1. The molecule has 3 aromatic rings. The predicted molar refractivity (Wildman–Crippen MR) is 102 cm³/mol. The van der Waals surface area contributed by atoms with Gasteiger partial charge in [0.2, 0.25) is 5.91 Å². The van der Waals surface area contributed by atoms with Crippen molar-refractivity contribution < 1.29 is 4.79 Å². The van der Waals surface area contributed by atoms with Crippen LogP contribution in [0.15, 0.2) is 54.6 Å². The van der Waals surface area contributed by atoms with E-state index in [4.69, 9.17) is 0 Å². The Hall–Kier alpha value is -2.62. The molecule has 1 aromatic heterocycles. The highest BCUT2D eigenvalue weighted by molar-refractivity contribution is 5.83. The molecule has 2 aromatic carbocycles. The molecule has 1 unspecified atom stereocenters. The van der Waals surface area contributed by atoms with Crippen molar-refractivity contribution in [2.24, 2.45) is 0 Å². The maximum absolute atomic E-state index is 12.6. The van der Waals surface area contributed by atoms with Gasteiger partial charge in [0.25, 0.3) is 0 Å². The molecular weight excluding hydrogens is 310 g/mol. The van der Waals surface area contributed by atoms with E-state index >= 15 is 0 Å². The van der Waals surface area contributed by atoms with Gasteiger partial charge in [-0.05, 0) is 30.5 Å². The second-order valence-corrected chi connectivity index (χ2v) is 6.35. The van der Waals surface area contributed by atoms with Gasteiger partial charge in [-0.1, -0.05) is 55.8 Å². The Balaban J connectivity index is 1.51. The fraction of sp³-hybridized carbons (Fsp3) is 0.333. The normalized spacial score (nSPS) is 12.2. The average Bonchev–Trinajstić information content (AvgIpc) is 3.06. The molecule has 1 amide bonds. The monoisotopic (exact) mass is 335 g/mol. The maximum Gasteiger partial charge on any atom is 0.227 e. The summed E-state index contributed by atoms with van der Waals surface area (Å²) in [7, 11) is 0. The number of amides is 1. The van der Waals surface area contributed by atoms with Gasteiger partial charge in [-0.2, -0.15) is 0 Å². The summed E-state index contributed by atoms with van der Waals surface area (Å²) in [6, 6.07) is 18.1. The lowest BCUT2D eigenvalue weighted by Gasteiger charge is -2.16. The van der Waals surface area contributed by atoms with Gasteiger partial charge in [0, 0.05) is 13.0 Å². The predicted octanol–water partition coefficient (Wildman–Crippen LogP) is 4.20. The molecule has 0 saturated carbocycles. The number of H-pyrrole nitrogens is 1. The molecule has 4 heteroatoms. The molecule has 0 aliphatic rings. The summed E-state index contributed by atoms with van der Waals surface area (Å²) in [5, 5.41) is 3.09. The Morgan fingerprint density at radius 1 is 1.12 bits per heavy atom. The number of benzene rings is 2. The molecule has 25 heavy (non-hydrogen) atoms. The largest absolute Gasteiger partial charge is 0.356 e. The van der Waals surface area contributed by atoms with E-state index in [-0.39, 0.29) is 11.8 Å². The van der Waals surface area contributed by atoms with Crippen LogP contribution >= 0.6 is 0 Å². The van der Waals surface area contributed by atoms with Crippen molar-refractivity contribution in [3.05, 3.63) is 66.0 Å². The van der Waals surface area contributed by atoms with Gasteiger partial charge in [-0.15, -0.1) is 0 Å². The van der Waals surface area contributed by atoms with Crippen LogP contribution < -0.4 is 5.32 Å². The van der Waals surface area contributed by atoms with Crippen molar-refractivity contribution in [2.45, 2.75) is 38.5 Å². The summed E-state index contributed by atoms with van der Waals surface area (Å²) < 4.78 is 0. The van der Waals surface area contributed by atoms with E-state index in [0.29, 0.717) is 6.54 Å². The number of fused-ring (bicyclic) bond motifs is 1. The lowest BCUT2D eigenvalue weighted by Crippen LogP contribution is -2.30. The molecule has 2 N–H and O–H groups in total. The fourth-order valence-electron chi connectivity index (χ4n) is 3.14. The SMILES string of the molecule is CCCC(C(=O)NCCCc1nc2ccccc2[nH]1)c1ccccc1. The molecule has 1 atom stereocenters. The molecule has 3 rings (SSSR count). The highest BCUT2D eigenvalue weighted by Crippen LogP contribution is 2.21. The lowest BCUT2D eigenvalue weighted by atomic mass is 9.93. The Bertz CT molecular complexity index is 777. The van der Waals surface area contributed by atoms with Crippen LogP contribution in [-0.2, 0) is 11.2 Å². The highest BCUT2D eigenvalue weighted by Gasteiger charge is 2.18. The number of aromatic amines is 1. The van der Waals surface area contributed by atoms with Crippen LogP contribution in [0.25, 0.3) is 11.0 Å². The smallest absolute Gasteiger partial charge is 0.227 e. The minimum absolute atomic E-state index is 0.0580. The van der Waals surface area contributed by atoms with Crippen LogP contribution in [0, 0.1) is 0 Å². The summed E-state index contributed by atoms with van der Waals surface area (Å²) in [6.07, 6.45) is 3.57. The molecule has 0 aliphatic carbocycles. The second-order valence-electron chi connectivity index (χ2n) is 6.35. The molecule has 0 aliphatic heterocycles. The van der Waals surface area contributed by atoms with Crippen LogP contribution in [0.4, 0.5) is 0 Å². The van der Waals surface area contributed by atoms with E-state index in [0.717, 1.165) is 48.1 Å². The van der Waals surface area contributed by atoms with Crippen LogP contribution in [0.2, 0.25) is 0 Å². The number of imidazole rings is 1. The fourth-order valence-corrected chi connectivity index (χ4v) is 3.14. The van der Waals surface area contributed by atoms with Crippen LogP contribution in [0.3, 0.4) is 0 Å². The number of carbonyl (C=O) groups is 1. The minimum atomic E-state index is -0.0580. The van der Waals surface area contributed by atoms with Gasteiger partial charge in [0.05, 0.1) is 17.0 Å².